The molecule has 0 radical (unpaired) electrons. The van der Waals surface area contributed by atoms with Gasteiger partial charge in [0.1, 0.15) is 5.75 Å². The van der Waals surface area contributed by atoms with Crippen molar-refractivity contribution in [1.29, 1.82) is 0 Å². The molecule has 0 saturated carbocycles. The summed E-state index contributed by atoms with van der Waals surface area (Å²) in [7, 11) is 0. The molecule has 0 aliphatic carbocycles. The zero-order valence-corrected chi connectivity index (χ0v) is 17.3. The molecule has 1 aliphatic heterocycles. The molecule has 0 amide bonds. The van der Waals surface area contributed by atoms with Gasteiger partial charge >= 0.3 is 12.1 Å². The largest absolute Gasteiger partial charge is 0.507 e. The van der Waals surface area contributed by atoms with E-state index in [1.807, 2.05) is 6.07 Å². The first-order chi connectivity index (χ1) is 14.6. The molecule has 1 aromatic heterocycles. The van der Waals surface area contributed by atoms with Gasteiger partial charge in [-0.25, -0.2) is 0 Å². The van der Waals surface area contributed by atoms with E-state index < -0.39 is 23.5 Å². The molecule has 6 nitrogen and oxygen atoms in total. The van der Waals surface area contributed by atoms with Gasteiger partial charge < -0.3 is 15.1 Å². The van der Waals surface area contributed by atoms with Gasteiger partial charge in [0, 0.05) is 18.5 Å². The number of carboxylic acid groups (broad SMARTS) is 1. The van der Waals surface area contributed by atoms with Crippen molar-refractivity contribution in [2.75, 3.05) is 19.6 Å². The third-order valence-corrected chi connectivity index (χ3v) is 5.58. The molecule has 1 saturated heterocycles. The fourth-order valence-corrected chi connectivity index (χ4v) is 4.09. The Bertz CT molecular complexity index is 934. The van der Waals surface area contributed by atoms with Crippen LogP contribution in [-0.4, -0.2) is 50.9 Å². The van der Waals surface area contributed by atoms with E-state index in [9.17, 15) is 23.1 Å². The minimum Gasteiger partial charge on any atom is -0.507 e. The van der Waals surface area contributed by atoms with E-state index in [0.717, 1.165) is 56.2 Å². The number of carboxylic acids is 1. The van der Waals surface area contributed by atoms with Crippen LogP contribution in [0.3, 0.4) is 0 Å². The third-order valence-electron chi connectivity index (χ3n) is 5.58. The standard InChI is InChI=1S/C22H26F3N3O3/c1-14-10-17(11-15-4-2-8-28(13-15)9-3-5-20(30)31)26-27-21(14)18-7-6-16(12-19(18)29)22(23,24)25/h6-7,10,12,15,29H,2-5,8-9,11,13H2,1H3,(H,30,31). The molecule has 0 spiro atoms. The summed E-state index contributed by atoms with van der Waals surface area (Å²) in [6.07, 6.45) is -0.902. The fraction of sp³-hybridized carbons (Fsp3) is 0.500. The number of hydrogen-bond acceptors (Lipinski definition) is 5. The van der Waals surface area contributed by atoms with Crippen LogP contribution in [0.25, 0.3) is 11.3 Å². The Balaban J connectivity index is 1.66. The van der Waals surface area contributed by atoms with Crippen LogP contribution >= 0.6 is 0 Å². The van der Waals surface area contributed by atoms with Gasteiger partial charge in [-0.2, -0.15) is 18.3 Å². The highest BCUT2D eigenvalue weighted by Crippen LogP contribution is 2.36. The summed E-state index contributed by atoms with van der Waals surface area (Å²) in [6.45, 7) is 4.40. The summed E-state index contributed by atoms with van der Waals surface area (Å²) < 4.78 is 38.5. The Kier molecular flexibility index (Phi) is 7.15. The minimum absolute atomic E-state index is 0.171. The van der Waals surface area contributed by atoms with Gasteiger partial charge in [0.05, 0.1) is 17.0 Å². The van der Waals surface area contributed by atoms with E-state index in [4.69, 9.17) is 5.11 Å². The van der Waals surface area contributed by atoms with Gasteiger partial charge in [-0.15, -0.1) is 5.10 Å². The molecular formula is C22H26F3N3O3. The highest BCUT2D eigenvalue weighted by Gasteiger charge is 2.31. The molecule has 9 heteroatoms. The Morgan fingerprint density at radius 2 is 2.03 bits per heavy atom. The second kappa shape index (κ2) is 9.64. The van der Waals surface area contributed by atoms with Crippen molar-refractivity contribution in [3.8, 4) is 17.0 Å². The van der Waals surface area contributed by atoms with Crippen LogP contribution in [0.2, 0.25) is 0 Å². The van der Waals surface area contributed by atoms with Crippen LogP contribution in [-0.2, 0) is 17.4 Å². The van der Waals surface area contributed by atoms with Crippen molar-refractivity contribution >= 4 is 5.97 Å². The first kappa shape index (κ1) is 23.0. The van der Waals surface area contributed by atoms with Crippen molar-refractivity contribution in [1.82, 2.24) is 15.1 Å². The second-order valence-electron chi connectivity index (χ2n) is 8.11. The van der Waals surface area contributed by atoms with E-state index in [2.05, 4.69) is 15.1 Å². The number of aromatic hydroxyl groups is 1. The summed E-state index contributed by atoms with van der Waals surface area (Å²) in [5, 5.41) is 27.3. The number of aromatic nitrogens is 2. The van der Waals surface area contributed by atoms with Crippen LogP contribution < -0.4 is 0 Å². The molecule has 2 N–H and O–H groups in total. The highest BCUT2D eigenvalue weighted by molar-refractivity contribution is 5.69. The number of phenols is 1. The first-order valence-corrected chi connectivity index (χ1v) is 10.3. The van der Waals surface area contributed by atoms with Crippen LogP contribution in [0.5, 0.6) is 5.75 Å². The average molecular weight is 437 g/mol. The van der Waals surface area contributed by atoms with Crippen molar-refractivity contribution in [2.45, 2.75) is 45.2 Å². The van der Waals surface area contributed by atoms with E-state index >= 15 is 0 Å². The van der Waals surface area contributed by atoms with Crippen LogP contribution in [0, 0.1) is 12.8 Å². The number of halogens is 3. The lowest BCUT2D eigenvalue weighted by Gasteiger charge is -2.32. The maximum Gasteiger partial charge on any atom is 0.416 e. The zero-order chi connectivity index (χ0) is 22.6. The van der Waals surface area contributed by atoms with Crippen molar-refractivity contribution in [3.05, 3.63) is 41.1 Å². The number of piperidine rings is 1. The van der Waals surface area contributed by atoms with E-state index in [0.29, 0.717) is 24.1 Å². The summed E-state index contributed by atoms with van der Waals surface area (Å²) in [4.78, 5) is 13.0. The monoisotopic (exact) mass is 437 g/mol. The Morgan fingerprint density at radius 1 is 1.26 bits per heavy atom. The SMILES string of the molecule is Cc1cc(CC2CCCN(CCCC(=O)O)C2)nnc1-c1ccc(C(F)(F)F)cc1O. The molecule has 2 aromatic rings. The fourth-order valence-electron chi connectivity index (χ4n) is 4.09. The number of aryl methyl sites for hydroxylation is 1. The Morgan fingerprint density at radius 3 is 2.68 bits per heavy atom. The molecule has 3 rings (SSSR count). The summed E-state index contributed by atoms with van der Waals surface area (Å²) in [5.74, 6) is -0.875. The average Bonchev–Trinajstić information content (AvgIpc) is 2.68. The highest BCUT2D eigenvalue weighted by atomic mass is 19.4. The quantitative estimate of drug-likeness (QED) is 0.672. The molecule has 1 unspecified atom stereocenters. The lowest BCUT2D eigenvalue weighted by Crippen LogP contribution is -2.37. The van der Waals surface area contributed by atoms with Crippen molar-refractivity contribution in [3.63, 3.8) is 0 Å². The van der Waals surface area contributed by atoms with Gasteiger partial charge in [-0.3, -0.25) is 4.79 Å². The second-order valence-corrected chi connectivity index (χ2v) is 8.11. The van der Waals surface area contributed by atoms with Gasteiger partial charge in [0.2, 0.25) is 0 Å². The molecule has 1 atom stereocenters. The number of phenolic OH excluding ortho intramolecular Hbond substituents is 1. The molecule has 168 valence electrons. The summed E-state index contributed by atoms with van der Waals surface area (Å²) in [6, 6.07) is 4.70. The zero-order valence-electron chi connectivity index (χ0n) is 17.3. The smallest absolute Gasteiger partial charge is 0.416 e. The van der Waals surface area contributed by atoms with Gasteiger partial charge in [-0.1, -0.05) is 0 Å². The van der Waals surface area contributed by atoms with Crippen LogP contribution in [0.4, 0.5) is 13.2 Å². The van der Waals surface area contributed by atoms with Gasteiger partial charge in [0.15, 0.2) is 0 Å². The third kappa shape index (κ3) is 6.16. The normalized spacial score (nSPS) is 17.6. The molecular weight excluding hydrogens is 411 g/mol. The molecule has 1 aliphatic rings. The van der Waals surface area contributed by atoms with E-state index in [-0.39, 0.29) is 12.0 Å². The van der Waals surface area contributed by atoms with Gasteiger partial charge in [-0.05, 0) is 81.4 Å². The number of rotatable bonds is 7. The molecule has 0 bridgehead atoms. The minimum atomic E-state index is -4.53. The predicted octanol–water partition coefficient (Wildman–Crippen LogP) is 4.30. The maximum atomic E-state index is 12.8. The Labute approximate surface area is 178 Å². The van der Waals surface area contributed by atoms with Crippen molar-refractivity contribution in [2.24, 2.45) is 5.92 Å². The number of carbonyl (C=O) groups is 1. The van der Waals surface area contributed by atoms with E-state index in [1.165, 1.54) is 6.07 Å². The lowest BCUT2D eigenvalue weighted by atomic mass is 9.92. The molecule has 1 aromatic carbocycles. The number of likely N-dealkylation sites (tertiary alicyclic amines) is 1. The number of nitrogens with zero attached hydrogens (tertiary/aromatic N) is 3. The predicted molar refractivity (Wildman–Crippen MR) is 109 cm³/mol. The van der Waals surface area contributed by atoms with Gasteiger partial charge in [0.25, 0.3) is 0 Å². The van der Waals surface area contributed by atoms with Crippen LogP contribution in [0.1, 0.15) is 42.5 Å². The summed E-state index contributed by atoms with van der Waals surface area (Å²) in [5.41, 5.74) is 1.18. The molecule has 1 fully saturated rings. The molecule has 2 heterocycles. The number of aliphatic carboxylic acids is 1. The van der Waals surface area contributed by atoms with Crippen molar-refractivity contribution < 1.29 is 28.2 Å². The topological polar surface area (TPSA) is 86.6 Å². The number of alkyl halides is 3. The summed E-state index contributed by atoms with van der Waals surface area (Å²) >= 11 is 0. The maximum absolute atomic E-state index is 12.8. The Hall–Kier alpha value is -2.68. The lowest BCUT2D eigenvalue weighted by molar-refractivity contribution is -0.138. The van der Waals surface area contributed by atoms with Crippen LogP contribution in [0.15, 0.2) is 24.3 Å². The molecule has 31 heavy (non-hydrogen) atoms. The number of hydrogen-bond donors (Lipinski definition) is 2. The first-order valence-electron chi connectivity index (χ1n) is 10.3. The van der Waals surface area contributed by atoms with E-state index in [1.54, 1.807) is 6.92 Å². The number of benzene rings is 1.